The number of nitrogens with zero attached hydrogens (tertiary/aromatic N) is 1. The molecule has 7 heteroatoms. The van der Waals surface area contributed by atoms with Gasteiger partial charge in [-0.05, 0) is 42.0 Å². The quantitative estimate of drug-likeness (QED) is 0.652. The van der Waals surface area contributed by atoms with Crippen LogP contribution >= 0.6 is 11.6 Å². The molecular weight excluding hydrogens is 416 g/mol. The highest BCUT2D eigenvalue weighted by atomic mass is 35.5. The van der Waals surface area contributed by atoms with Crippen molar-refractivity contribution in [2.75, 3.05) is 26.1 Å². The summed E-state index contributed by atoms with van der Waals surface area (Å²) < 4.78 is 10.6. The van der Waals surface area contributed by atoms with Gasteiger partial charge < -0.3 is 19.7 Å². The highest BCUT2D eigenvalue weighted by Crippen LogP contribution is 2.38. The molecule has 1 N–H and O–H groups in total. The van der Waals surface area contributed by atoms with E-state index in [1.165, 1.54) is 14.2 Å². The van der Waals surface area contributed by atoms with E-state index >= 15 is 0 Å². The molecule has 0 radical (unpaired) electrons. The van der Waals surface area contributed by atoms with Crippen LogP contribution in [-0.4, -0.2) is 37.5 Å². The third-order valence-corrected chi connectivity index (χ3v) is 5.45. The van der Waals surface area contributed by atoms with Gasteiger partial charge in [0.25, 0.3) is 5.91 Å². The van der Waals surface area contributed by atoms with Crippen molar-refractivity contribution in [3.8, 4) is 11.5 Å². The summed E-state index contributed by atoms with van der Waals surface area (Å²) in [4.78, 5) is 27.9. The lowest BCUT2D eigenvalue weighted by Gasteiger charge is -2.31. The first-order valence-electron chi connectivity index (χ1n) is 9.69. The van der Waals surface area contributed by atoms with Gasteiger partial charge in [0.2, 0.25) is 5.91 Å². The Morgan fingerprint density at radius 2 is 1.74 bits per heavy atom. The van der Waals surface area contributed by atoms with E-state index in [4.69, 9.17) is 21.1 Å². The molecule has 0 aliphatic carbocycles. The monoisotopic (exact) mass is 436 g/mol. The molecule has 0 fully saturated rings. The lowest BCUT2D eigenvalue weighted by Crippen LogP contribution is -2.39. The molecule has 0 bridgehead atoms. The molecule has 31 heavy (non-hydrogen) atoms. The van der Waals surface area contributed by atoms with E-state index in [1.54, 1.807) is 41.3 Å². The van der Waals surface area contributed by atoms with E-state index in [1.807, 2.05) is 30.3 Å². The van der Waals surface area contributed by atoms with Crippen LogP contribution in [0, 0.1) is 0 Å². The number of anilines is 1. The smallest absolute Gasteiger partial charge is 0.255 e. The molecule has 4 rings (SSSR count). The predicted molar refractivity (Wildman–Crippen MR) is 119 cm³/mol. The number of fused-ring (bicyclic) bond motifs is 1. The summed E-state index contributed by atoms with van der Waals surface area (Å²) in [6.07, 6.45) is 0. The summed E-state index contributed by atoms with van der Waals surface area (Å²) in [6, 6.07) is 19.3. The number of methoxy groups -OCH3 is 2. The molecule has 6 nitrogen and oxygen atoms in total. The molecular formula is C24H21ClN2O4. The second kappa shape index (κ2) is 8.70. The van der Waals surface area contributed by atoms with E-state index in [-0.39, 0.29) is 18.4 Å². The van der Waals surface area contributed by atoms with Crippen LogP contribution in [-0.2, 0) is 4.79 Å². The highest BCUT2D eigenvalue weighted by Gasteiger charge is 2.34. The molecule has 0 aromatic heterocycles. The number of benzene rings is 3. The second-order valence-electron chi connectivity index (χ2n) is 7.10. The Morgan fingerprint density at radius 1 is 1.00 bits per heavy atom. The van der Waals surface area contributed by atoms with Crippen LogP contribution in [0.3, 0.4) is 0 Å². The van der Waals surface area contributed by atoms with Crippen molar-refractivity contribution in [3.63, 3.8) is 0 Å². The van der Waals surface area contributed by atoms with Gasteiger partial charge in [-0.2, -0.15) is 0 Å². The van der Waals surface area contributed by atoms with Crippen LogP contribution in [0.5, 0.6) is 11.5 Å². The van der Waals surface area contributed by atoms with Gasteiger partial charge in [0.05, 0.1) is 20.3 Å². The number of rotatable bonds is 4. The number of hydrogen-bond acceptors (Lipinski definition) is 4. The predicted octanol–water partition coefficient (Wildman–Crippen LogP) is 4.54. The maximum absolute atomic E-state index is 13.7. The van der Waals surface area contributed by atoms with Gasteiger partial charge in [0.15, 0.2) is 11.5 Å². The number of amides is 2. The summed E-state index contributed by atoms with van der Waals surface area (Å²) >= 11 is 6.29. The van der Waals surface area contributed by atoms with E-state index in [0.29, 0.717) is 27.8 Å². The van der Waals surface area contributed by atoms with Crippen molar-refractivity contribution in [1.29, 1.82) is 0 Å². The van der Waals surface area contributed by atoms with Crippen molar-refractivity contribution in [2.45, 2.75) is 6.04 Å². The molecule has 0 saturated heterocycles. The molecule has 2 amide bonds. The topological polar surface area (TPSA) is 67.9 Å². The van der Waals surface area contributed by atoms with Gasteiger partial charge in [-0.15, -0.1) is 0 Å². The van der Waals surface area contributed by atoms with Gasteiger partial charge in [-0.25, -0.2) is 0 Å². The fourth-order valence-corrected chi connectivity index (χ4v) is 3.98. The molecule has 1 heterocycles. The Morgan fingerprint density at radius 3 is 2.45 bits per heavy atom. The first-order chi connectivity index (χ1) is 15.0. The zero-order valence-corrected chi connectivity index (χ0v) is 17.8. The van der Waals surface area contributed by atoms with E-state index in [0.717, 1.165) is 11.1 Å². The zero-order chi connectivity index (χ0) is 22.0. The van der Waals surface area contributed by atoms with Crippen LogP contribution < -0.4 is 14.8 Å². The van der Waals surface area contributed by atoms with Gasteiger partial charge in [0.1, 0.15) is 6.54 Å². The molecule has 1 atom stereocenters. The molecule has 3 aromatic carbocycles. The second-order valence-corrected chi connectivity index (χ2v) is 7.53. The van der Waals surface area contributed by atoms with Crippen molar-refractivity contribution >= 4 is 29.1 Å². The summed E-state index contributed by atoms with van der Waals surface area (Å²) in [5, 5.41) is 3.41. The number of carbonyl (C=O) groups is 2. The Labute approximate surface area is 185 Å². The fourth-order valence-electron chi connectivity index (χ4n) is 3.80. The minimum Gasteiger partial charge on any atom is -0.493 e. The summed E-state index contributed by atoms with van der Waals surface area (Å²) in [7, 11) is 3.04. The number of halogens is 1. The molecule has 1 aliphatic heterocycles. The standard InChI is InChI=1S/C24H21ClN2O4/c1-30-20-11-8-16(12-21(20)31-2)24(29)27-14-22(28)26-19-10-9-17(25)13-18(19)23(27)15-6-4-3-5-7-15/h3-13,23H,14H2,1-2H3,(H,26,28)/t23-/m1/s1. The van der Waals surface area contributed by atoms with Crippen molar-refractivity contribution in [1.82, 2.24) is 4.90 Å². The minimum absolute atomic E-state index is 0.112. The van der Waals surface area contributed by atoms with Gasteiger partial charge in [0, 0.05) is 21.8 Å². The van der Waals surface area contributed by atoms with E-state index in [2.05, 4.69) is 5.32 Å². The van der Waals surface area contributed by atoms with Crippen LogP contribution in [0.15, 0.2) is 66.7 Å². The molecule has 1 aliphatic rings. The molecule has 158 valence electrons. The first kappa shape index (κ1) is 20.8. The summed E-state index contributed by atoms with van der Waals surface area (Å²) in [6.45, 7) is -0.112. The number of carbonyl (C=O) groups excluding carboxylic acids is 2. The van der Waals surface area contributed by atoms with Gasteiger partial charge >= 0.3 is 0 Å². The molecule has 0 unspecified atom stereocenters. The Hall–Kier alpha value is -3.51. The van der Waals surface area contributed by atoms with Crippen molar-refractivity contribution < 1.29 is 19.1 Å². The maximum Gasteiger partial charge on any atom is 0.255 e. The Kier molecular flexibility index (Phi) is 5.82. The average molecular weight is 437 g/mol. The minimum atomic E-state index is -0.505. The average Bonchev–Trinajstić information content (AvgIpc) is 2.94. The SMILES string of the molecule is COc1ccc(C(=O)N2CC(=O)Nc3ccc(Cl)cc3[C@H]2c2ccccc2)cc1OC. The normalized spacial score (nSPS) is 15.5. The molecule has 0 spiro atoms. The zero-order valence-electron chi connectivity index (χ0n) is 17.1. The molecule has 3 aromatic rings. The van der Waals surface area contributed by atoms with Crippen LogP contribution in [0.2, 0.25) is 5.02 Å². The number of ether oxygens (including phenoxy) is 2. The third kappa shape index (κ3) is 4.07. The van der Waals surface area contributed by atoms with E-state index in [9.17, 15) is 9.59 Å². The maximum atomic E-state index is 13.7. The highest BCUT2D eigenvalue weighted by molar-refractivity contribution is 6.30. The Bertz CT molecular complexity index is 1130. The summed E-state index contributed by atoms with van der Waals surface area (Å²) in [5.41, 5.74) is 2.64. The lowest BCUT2D eigenvalue weighted by atomic mass is 9.95. The Balaban J connectivity index is 1.86. The van der Waals surface area contributed by atoms with Gasteiger partial charge in [-0.3, -0.25) is 9.59 Å². The fraction of sp³-hybridized carbons (Fsp3) is 0.167. The van der Waals surface area contributed by atoms with Crippen LogP contribution in [0.4, 0.5) is 5.69 Å². The van der Waals surface area contributed by atoms with Gasteiger partial charge in [-0.1, -0.05) is 41.9 Å². The summed E-state index contributed by atoms with van der Waals surface area (Å²) in [5.74, 6) is 0.366. The van der Waals surface area contributed by atoms with Crippen LogP contribution in [0.25, 0.3) is 0 Å². The first-order valence-corrected chi connectivity index (χ1v) is 10.1. The lowest BCUT2D eigenvalue weighted by molar-refractivity contribution is -0.117. The van der Waals surface area contributed by atoms with Crippen LogP contribution in [0.1, 0.15) is 27.5 Å². The largest absolute Gasteiger partial charge is 0.493 e. The van der Waals surface area contributed by atoms with Crippen molar-refractivity contribution in [2.24, 2.45) is 0 Å². The van der Waals surface area contributed by atoms with E-state index < -0.39 is 6.04 Å². The number of nitrogens with one attached hydrogen (secondary N) is 1. The molecule has 0 saturated carbocycles. The van der Waals surface area contributed by atoms with Crippen molar-refractivity contribution in [3.05, 3.63) is 88.4 Å². The number of hydrogen-bond donors (Lipinski definition) is 1. The third-order valence-electron chi connectivity index (χ3n) is 5.21.